The number of aryl methyl sites for hydroxylation is 1. The van der Waals surface area contributed by atoms with Crippen molar-refractivity contribution in [1.82, 2.24) is 15.3 Å². The fraction of sp³-hybridized carbons (Fsp3) is 0.333. The molecule has 0 spiro atoms. The third-order valence-corrected chi connectivity index (χ3v) is 3.64. The summed E-state index contributed by atoms with van der Waals surface area (Å²) in [7, 11) is 1.93. The van der Waals surface area contributed by atoms with Crippen molar-refractivity contribution >= 4 is 11.6 Å². The first-order valence-electron chi connectivity index (χ1n) is 6.35. The fourth-order valence-electron chi connectivity index (χ4n) is 2.00. The molecule has 0 radical (unpaired) electrons. The molecule has 1 aromatic heterocycles. The Morgan fingerprint density at radius 1 is 1.32 bits per heavy atom. The highest BCUT2D eigenvalue weighted by Gasteiger charge is 2.10. The van der Waals surface area contributed by atoms with Gasteiger partial charge in [-0.25, -0.2) is 9.97 Å². The first-order chi connectivity index (χ1) is 9.11. The summed E-state index contributed by atoms with van der Waals surface area (Å²) < 4.78 is 0. The zero-order valence-electron chi connectivity index (χ0n) is 11.4. The molecule has 1 heterocycles. The Labute approximate surface area is 119 Å². The molecule has 0 saturated carbocycles. The van der Waals surface area contributed by atoms with E-state index in [1.54, 1.807) is 0 Å². The lowest BCUT2D eigenvalue weighted by Crippen LogP contribution is -2.15. The molecule has 1 N–H and O–H groups in total. The summed E-state index contributed by atoms with van der Waals surface area (Å²) in [6.45, 7) is 4.11. The Morgan fingerprint density at radius 2 is 2.05 bits per heavy atom. The molecule has 1 atom stereocenters. The summed E-state index contributed by atoms with van der Waals surface area (Å²) in [6, 6.07) is 8.06. The lowest BCUT2D eigenvalue weighted by Gasteiger charge is -2.13. The van der Waals surface area contributed by atoms with E-state index in [0.717, 1.165) is 27.7 Å². The Bertz CT molecular complexity index is 569. The molecule has 0 saturated heterocycles. The summed E-state index contributed by atoms with van der Waals surface area (Å²) in [5.41, 5.74) is 3.20. The highest BCUT2D eigenvalue weighted by atomic mass is 35.5. The van der Waals surface area contributed by atoms with Gasteiger partial charge in [-0.2, -0.15) is 0 Å². The molecule has 2 rings (SSSR count). The summed E-state index contributed by atoms with van der Waals surface area (Å²) in [5, 5.41) is 3.96. The highest BCUT2D eigenvalue weighted by Crippen LogP contribution is 2.19. The van der Waals surface area contributed by atoms with Crippen LogP contribution in [0, 0.1) is 6.92 Å². The van der Waals surface area contributed by atoms with E-state index in [9.17, 15) is 0 Å². The van der Waals surface area contributed by atoms with Crippen LogP contribution in [0.15, 0.2) is 30.5 Å². The van der Waals surface area contributed by atoms with Crippen molar-refractivity contribution in [2.75, 3.05) is 7.05 Å². The average molecular weight is 276 g/mol. The highest BCUT2D eigenvalue weighted by molar-refractivity contribution is 6.31. The Kier molecular flexibility index (Phi) is 4.51. The van der Waals surface area contributed by atoms with Gasteiger partial charge < -0.3 is 5.32 Å². The number of hydrogen-bond donors (Lipinski definition) is 1. The quantitative estimate of drug-likeness (QED) is 0.930. The van der Waals surface area contributed by atoms with Gasteiger partial charge in [0, 0.05) is 34.9 Å². The fourth-order valence-corrected chi connectivity index (χ4v) is 2.20. The Balaban J connectivity index is 2.24. The second-order valence-electron chi connectivity index (χ2n) is 4.61. The van der Waals surface area contributed by atoms with Gasteiger partial charge in [-0.3, -0.25) is 0 Å². The van der Waals surface area contributed by atoms with Crippen molar-refractivity contribution in [2.45, 2.75) is 26.3 Å². The number of hydrogen-bond acceptors (Lipinski definition) is 3. The Hall–Kier alpha value is -1.45. The average Bonchev–Trinajstić information content (AvgIpc) is 2.41. The molecule has 0 fully saturated rings. The van der Waals surface area contributed by atoms with Crippen LogP contribution in [0.25, 0.3) is 0 Å². The molecule has 0 aliphatic carbocycles. The number of benzene rings is 1. The maximum atomic E-state index is 6.15. The Morgan fingerprint density at radius 3 is 2.68 bits per heavy atom. The number of nitrogens with zero attached hydrogens (tertiary/aromatic N) is 2. The van der Waals surface area contributed by atoms with Crippen LogP contribution >= 0.6 is 11.6 Å². The summed E-state index contributed by atoms with van der Waals surface area (Å²) in [4.78, 5) is 9.00. The van der Waals surface area contributed by atoms with Crippen molar-refractivity contribution < 1.29 is 0 Å². The van der Waals surface area contributed by atoms with Gasteiger partial charge in [0.25, 0.3) is 0 Å². The zero-order valence-corrected chi connectivity index (χ0v) is 12.2. The standard InChI is InChI=1S/C15H18ClN3/c1-10(17-3)13-9-18-15(19-11(13)2)8-12-6-4-5-7-14(12)16/h4-7,9-10,17H,8H2,1-3H3. The lowest BCUT2D eigenvalue weighted by molar-refractivity contribution is 0.638. The van der Waals surface area contributed by atoms with E-state index < -0.39 is 0 Å². The number of halogens is 1. The van der Waals surface area contributed by atoms with Gasteiger partial charge in [0.05, 0.1) is 0 Å². The molecule has 1 aromatic carbocycles. The minimum Gasteiger partial charge on any atom is -0.313 e. The molecule has 3 nitrogen and oxygen atoms in total. The van der Waals surface area contributed by atoms with Gasteiger partial charge >= 0.3 is 0 Å². The molecule has 100 valence electrons. The molecule has 0 aliphatic heterocycles. The zero-order chi connectivity index (χ0) is 13.8. The second-order valence-corrected chi connectivity index (χ2v) is 5.01. The van der Waals surface area contributed by atoms with Crippen LogP contribution in [0.1, 0.15) is 35.6 Å². The van der Waals surface area contributed by atoms with Gasteiger partial charge in [0.15, 0.2) is 0 Å². The largest absolute Gasteiger partial charge is 0.313 e. The molecular formula is C15H18ClN3. The minimum atomic E-state index is 0.259. The summed E-state index contributed by atoms with van der Waals surface area (Å²) in [6.07, 6.45) is 2.56. The van der Waals surface area contributed by atoms with Crippen molar-refractivity contribution in [3.63, 3.8) is 0 Å². The number of rotatable bonds is 4. The predicted molar refractivity (Wildman–Crippen MR) is 78.5 cm³/mol. The summed E-state index contributed by atoms with van der Waals surface area (Å²) >= 11 is 6.15. The topological polar surface area (TPSA) is 37.8 Å². The van der Waals surface area contributed by atoms with Crippen molar-refractivity contribution in [2.24, 2.45) is 0 Å². The molecule has 2 aromatic rings. The van der Waals surface area contributed by atoms with Crippen LogP contribution in [0.3, 0.4) is 0 Å². The number of aromatic nitrogens is 2. The second kappa shape index (κ2) is 6.13. The minimum absolute atomic E-state index is 0.259. The van der Waals surface area contributed by atoms with E-state index in [0.29, 0.717) is 6.42 Å². The molecule has 0 aliphatic rings. The van der Waals surface area contributed by atoms with Crippen molar-refractivity contribution in [3.8, 4) is 0 Å². The monoisotopic (exact) mass is 275 g/mol. The first kappa shape index (κ1) is 14.0. The van der Waals surface area contributed by atoms with Crippen LogP contribution < -0.4 is 5.32 Å². The van der Waals surface area contributed by atoms with E-state index in [4.69, 9.17) is 11.6 Å². The lowest BCUT2D eigenvalue weighted by atomic mass is 10.1. The van der Waals surface area contributed by atoms with Crippen LogP contribution in [0.2, 0.25) is 5.02 Å². The van der Waals surface area contributed by atoms with Crippen LogP contribution in [0.5, 0.6) is 0 Å². The predicted octanol–water partition coefficient (Wildman–Crippen LogP) is 3.31. The van der Waals surface area contributed by atoms with E-state index in [-0.39, 0.29) is 6.04 Å². The third kappa shape index (κ3) is 3.31. The molecule has 19 heavy (non-hydrogen) atoms. The van der Waals surface area contributed by atoms with Gasteiger partial charge in [0.1, 0.15) is 5.82 Å². The maximum Gasteiger partial charge on any atom is 0.132 e. The van der Waals surface area contributed by atoms with Crippen molar-refractivity contribution in [3.05, 3.63) is 58.1 Å². The van der Waals surface area contributed by atoms with Gasteiger partial charge in [-0.15, -0.1) is 0 Å². The van der Waals surface area contributed by atoms with E-state index in [2.05, 4.69) is 22.2 Å². The normalized spacial score (nSPS) is 12.4. The maximum absolute atomic E-state index is 6.15. The van der Waals surface area contributed by atoms with E-state index in [1.165, 1.54) is 0 Å². The smallest absolute Gasteiger partial charge is 0.132 e. The van der Waals surface area contributed by atoms with Gasteiger partial charge in [-0.05, 0) is 32.5 Å². The SMILES string of the molecule is CNC(C)c1cnc(Cc2ccccc2Cl)nc1C. The molecule has 1 unspecified atom stereocenters. The molecule has 0 bridgehead atoms. The summed E-state index contributed by atoms with van der Waals surface area (Å²) in [5.74, 6) is 0.803. The first-order valence-corrected chi connectivity index (χ1v) is 6.72. The van der Waals surface area contributed by atoms with Gasteiger partial charge in [-0.1, -0.05) is 29.8 Å². The van der Waals surface area contributed by atoms with E-state index >= 15 is 0 Å². The van der Waals surface area contributed by atoms with Crippen LogP contribution in [-0.4, -0.2) is 17.0 Å². The molecule has 0 amide bonds. The van der Waals surface area contributed by atoms with E-state index in [1.807, 2.05) is 44.4 Å². The molecular weight excluding hydrogens is 258 g/mol. The third-order valence-electron chi connectivity index (χ3n) is 3.27. The van der Waals surface area contributed by atoms with Crippen LogP contribution in [-0.2, 0) is 6.42 Å². The van der Waals surface area contributed by atoms with Crippen molar-refractivity contribution in [1.29, 1.82) is 0 Å². The van der Waals surface area contributed by atoms with Gasteiger partial charge in [0.2, 0.25) is 0 Å². The number of nitrogens with one attached hydrogen (secondary N) is 1. The molecule has 4 heteroatoms. The van der Waals surface area contributed by atoms with Crippen LogP contribution in [0.4, 0.5) is 0 Å².